The van der Waals surface area contributed by atoms with E-state index >= 15 is 0 Å². The van der Waals surface area contributed by atoms with Crippen molar-refractivity contribution in [2.45, 2.75) is 65.5 Å². The Morgan fingerprint density at radius 3 is 2.62 bits per heavy atom. The fourth-order valence-corrected chi connectivity index (χ4v) is 3.05. The lowest BCUT2D eigenvalue weighted by molar-refractivity contribution is -0.130. The molecule has 1 atom stereocenters. The average Bonchev–Trinajstić information content (AvgIpc) is 3.48. The fourth-order valence-electron chi connectivity index (χ4n) is 3.05. The van der Waals surface area contributed by atoms with Crippen molar-refractivity contribution in [1.82, 2.24) is 15.4 Å². The molecule has 1 aromatic heterocycles. The van der Waals surface area contributed by atoms with Gasteiger partial charge in [0.25, 0.3) is 0 Å². The van der Waals surface area contributed by atoms with Gasteiger partial charge >= 0.3 is 0 Å². The van der Waals surface area contributed by atoms with Crippen molar-refractivity contribution in [2.75, 3.05) is 20.2 Å². The van der Waals surface area contributed by atoms with Gasteiger partial charge in [-0.25, -0.2) is 0 Å². The van der Waals surface area contributed by atoms with Crippen LogP contribution in [-0.2, 0) is 22.6 Å². The monoisotopic (exact) mass is 471 g/mol. The second-order valence-electron chi connectivity index (χ2n) is 8.21. The largest absolute Gasteiger partial charge is 0.496 e. The molecule has 1 fully saturated rings. The molecule has 0 spiro atoms. The Hall–Kier alpha value is -3.31. The standard InChI is InChI=1S/C12H18N2O3.C11H11NO2.C3H8/c1-8(2)11-5-10(17-13-11)6-12(16)14-4-3-9(15)7-14;1-3-9-4-5-10(7-12-8-13)11(6-9)14-2;1-3-2/h5,8-9,15H,3-4,6-7H2,1-2H3;1,4-6,8H,7H2,2H3,(H,12,13);3H2,1-2H3. The number of benzene rings is 1. The first kappa shape index (κ1) is 28.7. The number of hydrogen-bond donors (Lipinski definition) is 2. The Kier molecular flexibility index (Phi) is 13.1. The van der Waals surface area contributed by atoms with Crippen LogP contribution in [0.15, 0.2) is 28.8 Å². The quantitative estimate of drug-likeness (QED) is 0.474. The Balaban J connectivity index is 0.000000310. The van der Waals surface area contributed by atoms with Gasteiger partial charge in [0.1, 0.15) is 11.5 Å². The van der Waals surface area contributed by atoms with Crippen LogP contribution in [0.1, 0.15) is 69.0 Å². The molecule has 2 amide bonds. The number of methoxy groups -OCH3 is 1. The number of nitrogens with one attached hydrogen (secondary N) is 1. The molecule has 0 saturated carbocycles. The lowest BCUT2D eigenvalue weighted by Crippen LogP contribution is -2.30. The molecule has 3 rings (SSSR count). The van der Waals surface area contributed by atoms with Crippen molar-refractivity contribution >= 4 is 12.3 Å². The van der Waals surface area contributed by atoms with E-state index in [2.05, 4.69) is 30.2 Å². The molecule has 34 heavy (non-hydrogen) atoms. The van der Waals surface area contributed by atoms with E-state index in [4.69, 9.17) is 15.7 Å². The topological polar surface area (TPSA) is 105 Å². The molecule has 0 radical (unpaired) electrons. The number of aliphatic hydroxyl groups is 1. The number of carbonyl (C=O) groups is 2. The van der Waals surface area contributed by atoms with E-state index in [9.17, 15) is 14.7 Å². The molecule has 1 saturated heterocycles. The lowest BCUT2D eigenvalue weighted by Gasteiger charge is -2.13. The van der Waals surface area contributed by atoms with E-state index in [1.807, 2.05) is 32.0 Å². The minimum absolute atomic E-state index is 0.00648. The van der Waals surface area contributed by atoms with Gasteiger partial charge in [0.15, 0.2) is 0 Å². The number of aromatic nitrogens is 1. The van der Waals surface area contributed by atoms with Crippen molar-refractivity contribution in [3.05, 3.63) is 46.8 Å². The zero-order valence-electron chi connectivity index (χ0n) is 20.8. The number of aliphatic hydroxyl groups excluding tert-OH is 1. The van der Waals surface area contributed by atoms with Crippen LogP contribution in [0.3, 0.4) is 0 Å². The van der Waals surface area contributed by atoms with Crippen LogP contribution in [-0.4, -0.2) is 53.8 Å². The number of rotatable bonds is 7. The molecular formula is C26H37N3O5. The zero-order valence-corrected chi connectivity index (χ0v) is 20.8. The van der Waals surface area contributed by atoms with E-state index < -0.39 is 0 Å². The summed E-state index contributed by atoms with van der Waals surface area (Å²) in [7, 11) is 1.57. The normalized spacial score (nSPS) is 14.3. The van der Waals surface area contributed by atoms with Crippen LogP contribution in [0.4, 0.5) is 0 Å². The highest BCUT2D eigenvalue weighted by Gasteiger charge is 2.25. The van der Waals surface area contributed by atoms with Gasteiger partial charge in [0.2, 0.25) is 12.3 Å². The predicted molar refractivity (Wildman–Crippen MR) is 131 cm³/mol. The van der Waals surface area contributed by atoms with Crippen LogP contribution >= 0.6 is 0 Å². The molecule has 1 aliphatic heterocycles. The molecule has 1 aliphatic rings. The zero-order chi connectivity index (χ0) is 25.5. The lowest BCUT2D eigenvalue weighted by atomic mass is 10.1. The van der Waals surface area contributed by atoms with Gasteiger partial charge < -0.3 is 24.6 Å². The molecular weight excluding hydrogens is 434 g/mol. The number of terminal acetylenes is 1. The molecule has 0 bridgehead atoms. The summed E-state index contributed by atoms with van der Waals surface area (Å²) in [6.07, 6.45) is 7.66. The molecule has 1 unspecified atom stereocenters. The summed E-state index contributed by atoms with van der Waals surface area (Å²) in [6.45, 7) is 9.81. The van der Waals surface area contributed by atoms with E-state index in [0.29, 0.717) is 49.9 Å². The molecule has 0 aliphatic carbocycles. The predicted octanol–water partition coefficient (Wildman–Crippen LogP) is 3.27. The highest BCUT2D eigenvalue weighted by Crippen LogP contribution is 2.19. The second kappa shape index (κ2) is 15.5. The Labute approximate surface area is 202 Å². The molecule has 8 nitrogen and oxygen atoms in total. The smallest absolute Gasteiger partial charge is 0.230 e. The van der Waals surface area contributed by atoms with Gasteiger partial charge in [-0.15, -0.1) is 6.42 Å². The number of ether oxygens (including phenoxy) is 1. The maximum absolute atomic E-state index is 11.9. The first-order valence-corrected chi connectivity index (χ1v) is 11.5. The third-order valence-electron chi connectivity index (χ3n) is 4.84. The van der Waals surface area contributed by atoms with Crippen LogP contribution in [0.2, 0.25) is 0 Å². The summed E-state index contributed by atoms with van der Waals surface area (Å²) in [5.74, 6) is 4.10. The molecule has 1 aromatic carbocycles. The number of likely N-dealkylation sites (tertiary alicyclic amines) is 1. The Morgan fingerprint density at radius 2 is 2.12 bits per heavy atom. The summed E-state index contributed by atoms with van der Waals surface area (Å²) in [5.41, 5.74) is 2.53. The average molecular weight is 472 g/mol. The van der Waals surface area contributed by atoms with Crippen molar-refractivity contribution < 1.29 is 24.0 Å². The highest BCUT2D eigenvalue weighted by molar-refractivity contribution is 5.78. The first-order valence-electron chi connectivity index (χ1n) is 11.5. The molecule has 186 valence electrons. The number of hydrogen-bond acceptors (Lipinski definition) is 6. The maximum atomic E-state index is 11.9. The SMILES string of the molecule is C#Cc1ccc(CNC=O)c(OC)c1.CC(C)c1cc(CC(=O)N2CCC(O)C2)on1.CCC. The summed E-state index contributed by atoms with van der Waals surface area (Å²) >= 11 is 0. The maximum Gasteiger partial charge on any atom is 0.230 e. The van der Waals surface area contributed by atoms with Gasteiger partial charge in [-0.05, 0) is 24.5 Å². The third kappa shape index (κ3) is 9.67. The fraction of sp³-hybridized carbons (Fsp3) is 0.500. The number of β-amino-alcohol motifs (C(OH)–C–C–N with tert-alkyl or cyclic N) is 1. The molecule has 2 aromatic rings. The van der Waals surface area contributed by atoms with Gasteiger partial charge in [0.05, 0.1) is 25.3 Å². The van der Waals surface area contributed by atoms with Crippen LogP contribution in [0, 0.1) is 12.3 Å². The van der Waals surface area contributed by atoms with Crippen molar-refractivity contribution in [3.63, 3.8) is 0 Å². The molecule has 2 N–H and O–H groups in total. The van der Waals surface area contributed by atoms with Gasteiger partial charge in [-0.3, -0.25) is 9.59 Å². The van der Waals surface area contributed by atoms with Crippen LogP contribution in [0.25, 0.3) is 0 Å². The minimum atomic E-state index is -0.375. The summed E-state index contributed by atoms with van der Waals surface area (Å²) < 4.78 is 10.3. The Morgan fingerprint density at radius 1 is 1.41 bits per heavy atom. The summed E-state index contributed by atoms with van der Waals surface area (Å²) in [4.78, 5) is 23.7. The van der Waals surface area contributed by atoms with E-state index in [0.717, 1.165) is 16.8 Å². The minimum Gasteiger partial charge on any atom is -0.496 e. The van der Waals surface area contributed by atoms with E-state index in [1.165, 1.54) is 6.42 Å². The van der Waals surface area contributed by atoms with Crippen molar-refractivity contribution in [3.8, 4) is 18.1 Å². The van der Waals surface area contributed by atoms with Gasteiger partial charge in [-0.2, -0.15) is 0 Å². The highest BCUT2D eigenvalue weighted by atomic mass is 16.5. The van der Waals surface area contributed by atoms with E-state index in [-0.39, 0.29) is 18.4 Å². The van der Waals surface area contributed by atoms with Gasteiger partial charge in [-0.1, -0.05) is 51.3 Å². The second-order valence-corrected chi connectivity index (χ2v) is 8.21. The summed E-state index contributed by atoms with van der Waals surface area (Å²) in [5, 5.41) is 15.8. The third-order valence-corrected chi connectivity index (χ3v) is 4.84. The van der Waals surface area contributed by atoms with E-state index in [1.54, 1.807) is 18.1 Å². The van der Waals surface area contributed by atoms with Crippen molar-refractivity contribution in [1.29, 1.82) is 0 Å². The number of amides is 2. The van der Waals surface area contributed by atoms with Crippen molar-refractivity contribution in [2.24, 2.45) is 0 Å². The van der Waals surface area contributed by atoms with Gasteiger partial charge in [0, 0.05) is 36.8 Å². The van der Waals surface area contributed by atoms with Crippen LogP contribution < -0.4 is 10.1 Å². The number of nitrogens with zero attached hydrogens (tertiary/aromatic N) is 2. The summed E-state index contributed by atoms with van der Waals surface area (Å²) in [6, 6.07) is 7.24. The first-order chi connectivity index (χ1) is 16.3. The van der Waals surface area contributed by atoms with Crippen LogP contribution in [0.5, 0.6) is 5.75 Å². The number of carbonyl (C=O) groups excluding carboxylic acids is 2. The Bertz CT molecular complexity index is 933. The molecule has 2 heterocycles. The molecule has 8 heteroatoms.